The highest BCUT2D eigenvalue weighted by Gasteiger charge is 2.21. The third-order valence-electron chi connectivity index (χ3n) is 4.58. The number of aryl methyl sites for hydroxylation is 1. The average Bonchev–Trinajstić information content (AvgIpc) is 2.71. The van der Waals surface area contributed by atoms with Crippen molar-refractivity contribution in [3.63, 3.8) is 0 Å². The van der Waals surface area contributed by atoms with E-state index in [1.165, 1.54) is 35.2 Å². The molecule has 1 N–H and O–H groups in total. The third kappa shape index (κ3) is 4.80. The maximum atomic E-state index is 13.9. The first-order valence-corrected chi connectivity index (χ1v) is 10.9. The number of hydrogen-bond acceptors (Lipinski definition) is 3. The molecule has 0 spiro atoms. The summed E-state index contributed by atoms with van der Waals surface area (Å²) >= 11 is 6.17. The van der Waals surface area contributed by atoms with E-state index in [1.54, 1.807) is 32.2 Å². The average molecular weight is 447 g/mol. The van der Waals surface area contributed by atoms with Crippen LogP contribution in [0.5, 0.6) is 0 Å². The lowest BCUT2D eigenvalue weighted by molar-refractivity contribution is 0.0784. The van der Waals surface area contributed by atoms with Crippen molar-refractivity contribution in [1.29, 1.82) is 0 Å². The Kier molecular flexibility index (Phi) is 6.43. The molecule has 3 rings (SSSR count). The van der Waals surface area contributed by atoms with Crippen LogP contribution < -0.4 is 4.72 Å². The van der Waals surface area contributed by atoms with E-state index < -0.39 is 15.8 Å². The van der Waals surface area contributed by atoms with E-state index in [1.807, 2.05) is 12.1 Å². The van der Waals surface area contributed by atoms with Crippen molar-refractivity contribution in [3.05, 3.63) is 94.3 Å². The number of carbonyl (C=O) groups is 1. The summed E-state index contributed by atoms with van der Waals surface area (Å²) in [5.41, 5.74) is 1.47. The first kappa shape index (κ1) is 21.8. The highest BCUT2D eigenvalue weighted by atomic mass is 35.5. The number of nitrogens with zero attached hydrogens (tertiary/aromatic N) is 1. The van der Waals surface area contributed by atoms with Crippen molar-refractivity contribution >= 4 is 33.2 Å². The largest absolute Gasteiger partial charge is 0.337 e. The number of carbonyl (C=O) groups excluding carboxylic acids is 1. The van der Waals surface area contributed by atoms with Gasteiger partial charge >= 0.3 is 0 Å². The molecule has 0 bridgehead atoms. The van der Waals surface area contributed by atoms with Gasteiger partial charge in [-0.25, -0.2) is 12.8 Å². The predicted octanol–water partition coefficient (Wildman–Crippen LogP) is 4.86. The van der Waals surface area contributed by atoms with Crippen LogP contribution in [0.4, 0.5) is 10.1 Å². The van der Waals surface area contributed by atoms with Crippen LogP contribution in [0.3, 0.4) is 0 Å². The second-order valence-corrected chi connectivity index (χ2v) is 8.90. The Labute approximate surface area is 180 Å². The Morgan fingerprint density at radius 3 is 2.43 bits per heavy atom. The lowest BCUT2D eigenvalue weighted by atomic mass is 10.1. The predicted molar refractivity (Wildman–Crippen MR) is 116 cm³/mol. The summed E-state index contributed by atoms with van der Waals surface area (Å²) in [6.45, 7) is 1.99. The molecule has 0 saturated carbocycles. The van der Waals surface area contributed by atoms with Crippen molar-refractivity contribution in [1.82, 2.24) is 4.90 Å². The first-order valence-electron chi connectivity index (χ1n) is 9.06. The maximum absolute atomic E-state index is 13.9. The van der Waals surface area contributed by atoms with Crippen LogP contribution in [0.1, 0.15) is 21.5 Å². The van der Waals surface area contributed by atoms with Gasteiger partial charge < -0.3 is 4.90 Å². The molecule has 0 unspecified atom stereocenters. The van der Waals surface area contributed by atoms with Crippen molar-refractivity contribution in [2.75, 3.05) is 11.8 Å². The fourth-order valence-electron chi connectivity index (χ4n) is 2.91. The molecule has 0 aromatic heterocycles. The van der Waals surface area contributed by atoms with Crippen LogP contribution >= 0.6 is 11.6 Å². The SMILES string of the molecule is Cc1ccc(S(=O)(=O)Nc2ccccc2F)cc1C(=O)N(C)Cc1ccccc1Cl. The normalized spacial score (nSPS) is 11.2. The Morgan fingerprint density at radius 1 is 1.07 bits per heavy atom. The van der Waals surface area contributed by atoms with Crippen molar-refractivity contribution in [3.8, 4) is 0 Å². The Balaban J connectivity index is 1.88. The zero-order valence-corrected chi connectivity index (χ0v) is 18.0. The Hall–Kier alpha value is -2.90. The van der Waals surface area contributed by atoms with E-state index in [9.17, 15) is 17.6 Å². The lowest BCUT2D eigenvalue weighted by Gasteiger charge is -2.20. The summed E-state index contributed by atoms with van der Waals surface area (Å²) in [5, 5.41) is 0.541. The number of hydrogen-bond donors (Lipinski definition) is 1. The van der Waals surface area contributed by atoms with Crippen molar-refractivity contribution < 1.29 is 17.6 Å². The molecule has 0 atom stereocenters. The van der Waals surface area contributed by atoms with Gasteiger partial charge in [-0.3, -0.25) is 9.52 Å². The smallest absolute Gasteiger partial charge is 0.262 e. The highest BCUT2D eigenvalue weighted by molar-refractivity contribution is 7.92. The van der Waals surface area contributed by atoms with Gasteiger partial charge in [-0.05, 0) is 48.4 Å². The maximum Gasteiger partial charge on any atom is 0.262 e. The molecule has 0 aliphatic heterocycles. The second kappa shape index (κ2) is 8.85. The van der Waals surface area contributed by atoms with Gasteiger partial charge in [0.05, 0.1) is 10.6 Å². The van der Waals surface area contributed by atoms with Crippen LogP contribution in [-0.2, 0) is 16.6 Å². The fraction of sp³-hybridized carbons (Fsp3) is 0.136. The van der Waals surface area contributed by atoms with Crippen molar-refractivity contribution in [2.24, 2.45) is 0 Å². The molecule has 0 radical (unpaired) electrons. The van der Waals surface area contributed by atoms with Crippen LogP contribution in [0.25, 0.3) is 0 Å². The van der Waals surface area contributed by atoms with E-state index in [-0.39, 0.29) is 28.6 Å². The molecule has 0 saturated heterocycles. The van der Waals surface area contributed by atoms with Crippen molar-refractivity contribution in [2.45, 2.75) is 18.4 Å². The van der Waals surface area contributed by atoms with Crippen LogP contribution in [-0.4, -0.2) is 26.3 Å². The standard InChI is InChI=1S/C22H20ClFN2O3S/c1-15-11-12-17(30(28,29)25-21-10-6-5-9-20(21)24)13-18(15)22(27)26(2)14-16-7-3-4-8-19(16)23/h3-13,25H,14H2,1-2H3. The number of sulfonamides is 1. The molecule has 8 heteroatoms. The van der Waals surface area contributed by atoms with E-state index in [0.717, 1.165) is 11.6 Å². The van der Waals surface area contributed by atoms with Crippen LogP contribution in [0.15, 0.2) is 71.6 Å². The molecule has 3 aromatic carbocycles. The highest BCUT2D eigenvalue weighted by Crippen LogP contribution is 2.23. The zero-order valence-electron chi connectivity index (χ0n) is 16.4. The number of para-hydroxylation sites is 1. The van der Waals surface area contributed by atoms with Gasteiger partial charge in [0.25, 0.3) is 15.9 Å². The first-order chi connectivity index (χ1) is 14.2. The minimum atomic E-state index is -4.08. The van der Waals surface area contributed by atoms with E-state index in [2.05, 4.69) is 4.72 Å². The van der Waals surface area contributed by atoms with Gasteiger partial charge in [-0.15, -0.1) is 0 Å². The minimum Gasteiger partial charge on any atom is -0.337 e. The Bertz CT molecular complexity index is 1200. The molecule has 5 nitrogen and oxygen atoms in total. The third-order valence-corrected chi connectivity index (χ3v) is 6.31. The molecule has 0 aliphatic carbocycles. The zero-order chi connectivity index (χ0) is 21.9. The summed E-state index contributed by atoms with van der Waals surface area (Å²) < 4.78 is 41.5. The van der Waals surface area contributed by atoms with Gasteiger partial charge in [-0.1, -0.05) is 48.0 Å². The number of benzene rings is 3. The van der Waals surface area contributed by atoms with E-state index in [4.69, 9.17) is 11.6 Å². The van der Waals surface area contributed by atoms with Gasteiger partial charge in [0, 0.05) is 24.2 Å². The molecule has 156 valence electrons. The molecular weight excluding hydrogens is 427 g/mol. The van der Waals surface area contributed by atoms with Gasteiger partial charge in [-0.2, -0.15) is 0 Å². The molecular formula is C22H20ClFN2O3S. The molecule has 3 aromatic rings. The molecule has 0 fully saturated rings. The summed E-state index contributed by atoms with van der Waals surface area (Å²) in [7, 11) is -2.47. The second-order valence-electron chi connectivity index (χ2n) is 6.81. The topological polar surface area (TPSA) is 66.5 Å². The summed E-state index contributed by atoms with van der Waals surface area (Å²) in [6.07, 6.45) is 0. The number of rotatable bonds is 6. The van der Waals surface area contributed by atoms with Gasteiger partial charge in [0.2, 0.25) is 0 Å². The molecule has 0 aliphatic rings. The minimum absolute atomic E-state index is 0.133. The monoisotopic (exact) mass is 446 g/mol. The van der Waals surface area contributed by atoms with Gasteiger partial charge in [0.15, 0.2) is 0 Å². The summed E-state index contributed by atoms with van der Waals surface area (Å²) in [5.74, 6) is -1.04. The number of amides is 1. The number of anilines is 1. The molecule has 0 heterocycles. The van der Waals surface area contributed by atoms with E-state index >= 15 is 0 Å². The molecule has 1 amide bonds. The van der Waals surface area contributed by atoms with Crippen LogP contribution in [0.2, 0.25) is 5.02 Å². The number of halogens is 2. The lowest BCUT2D eigenvalue weighted by Crippen LogP contribution is -2.27. The quantitative estimate of drug-likeness (QED) is 0.588. The molecule has 30 heavy (non-hydrogen) atoms. The summed E-state index contributed by atoms with van der Waals surface area (Å²) in [4.78, 5) is 14.3. The van der Waals surface area contributed by atoms with Crippen LogP contribution in [0, 0.1) is 12.7 Å². The van der Waals surface area contributed by atoms with E-state index in [0.29, 0.717) is 10.6 Å². The Morgan fingerprint density at radius 2 is 1.73 bits per heavy atom. The van der Waals surface area contributed by atoms with Gasteiger partial charge in [0.1, 0.15) is 5.82 Å². The summed E-state index contributed by atoms with van der Waals surface area (Å²) in [6, 6.07) is 16.9. The number of nitrogens with one attached hydrogen (secondary N) is 1. The fourth-order valence-corrected chi connectivity index (χ4v) is 4.19.